The lowest BCUT2D eigenvalue weighted by Crippen LogP contribution is -2.20. The van der Waals surface area contributed by atoms with Gasteiger partial charge in [-0.25, -0.2) is 0 Å². The molecule has 2 aromatic rings. The topological polar surface area (TPSA) is 46.2 Å². The van der Waals surface area contributed by atoms with Crippen molar-refractivity contribution in [2.45, 2.75) is 12.8 Å². The van der Waals surface area contributed by atoms with Crippen LogP contribution in [-0.2, 0) is 12.8 Å². The summed E-state index contributed by atoms with van der Waals surface area (Å²) >= 11 is 3.48. The first-order valence-electron chi connectivity index (χ1n) is 6.38. The zero-order valence-electron chi connectivity index (χ0n) is 10.7. The van der Waals surface area contributed by atoms with Crippen LogP contribution in [0.3, 0.4) is 0 Å². The quantitative estimate of drug-likeness (QED) is 0.879. The van der Waals surface area contributed by atoms with Crippen molar-refractivity contribution in [1.29, 1.82) is 0 Å². The number of carbonyl (C=O) groups excluding carboxylic acids is 2. The highest BCUT2D eigenvalue weighted by Crippen LogP contribution is 2.28. The van der Waals surface area contributed by atoms with Crippen molar-refractivity contribution in [2.24, 2.45) is 0 Å². The van der Waals surface area contributed by atoms with E-state index in [1.165, 1.54) is 5.56 Å². The normalized spacial score (nSPS) is 13.2. The highest BCUT2D eigenvalue weighted by atomic mass is 79.9. The molecule has 0 aromatic heterocycles. The number of amides is 2. The molecule has 2 amide bonds. The van der Waals surface area contributed by atoms with Gasteiger partial charge >= 0.3 is 0 Å². The van der Waals surface area contributed by atoms with Crippen LogP contribution in [0.15, 0.2) is 46.9 Å². The molecule has 100 valence electrons. The smallest absolute Gasteiger partial charge is 0.259 e. The third-order valence-electron chi connectivity index (χ3n) is 3.46. The summed E-state index contributed by atoms with van der Waals surface area (Å²) in [5.41, 5.74) is 3.10. The van der Waals surface area contributed by atoms with Crippen molar-refractivity contribution < 1.29 is 9.59 Å². The van der Waals surface area contributed by atoms with Gasteiger partial charge in [0.05, 0.1) is 11.1 Å². The van der Waals surface area contributed by atoms with E-state index in [0.29, 0.717) is 17.5 Å². The van der Waals surface area contributed by atoms with Gasteiger partial charge in [-0.2, -0.15) is 0 Å². The molecule has 0 saturated heterocycles. The van der Waals surface area contributed by atoms with Crippen LogP contribution in [0.5, 0.6) is 0 Å². The van der Waals surface area contributed by atoms with E-state index in [9.17, 15) is 9.59 Å². The number of hydrogen-bond donors (Lipinski definition) is 1. The number of nitrogens with one attached hydrogen (secondary N) is 1. The number of hydrogen-bond acceptors (Lipinski definition) is 2. The lowest BCUT2D eigenvalue weighted by Gasteiger charge is -2.09. The first-order chi connectivity index (χ1) is 9.66. The average Bonchev–Trinajstić information content (AvgIpc) is 2.74. The summed E-state index contributed by atoms with van der Waals surface area (Å²) < 4.78 is 0.872. The van der Waals surface area contributed by atoms with E-state index in [4.69, 9.17) is 0 Å². The summed E-state index contributed by atoms with van der Waals surface area (Å²) in [4.78, 5) is 23.6. The van der Waals surface area contributed by atoms with Crippen molar-refractivity contribution in [2.75, 3.05) is 0 Å². The van der Waals surface area contributed by atoms with Gasteiger partial charge < -0.3 is 0 Å². The molecule has 20 heavy (non-hydrogen) atoms. The van der Waals surface area contributed by atoms with Gasteiger partial charge in [0.25, 0.3) is 11.8 Å². The maximum atomic E-state index is 11.9. The maximum Gasteiger partial charge on any atom is 0.259 e. The fraction of sp³-hybridized carbons (Fsp3) is 0.125. The summed E-state index contributed by atoms with van der Waals surface area (Å²) in [6.07, 6.45) is 1.55. The third-order valence-corrected chi connectivity index (χ3v) is 4.20. The van der Waals surface area contributed by atoms with Gasteiger partial charge in [-0.15, -0.1) is 0 Å². The molecule has 0 spiro atoms. The van der Waals surface area contributed by atoms with Crippen molar-refractivity contribution >= 4 is 27.7 Å². The molecular weight excluding hydrogens is 318 g/mol. The first-order valence-corrected chi connectivity index (χ1v) is 7.17. The van der Waals surface area contributed by atoms with Gasteiger partial charge in [0, 0.05) is 4.47 Å². The van der Waals surface area contributed by atoms with E-state index >= 15 is 0 Å². The number of aryl methyl sites for hydroxylation is 1. The summed E-state index contributed by atoms with van der Waals surface area (Å²) in [5, 5.41) is 2.35. The number of imide groups is 1. The van der Waals surface area contributed by atoms with E-state index in [2.05, 4.69) is 33.4 Å². The molecule has 0 bridgehead atoms. The molecule has 0 radical (unpaired) electrons. The number of fused-ring (bicyclic) bond motifs is 1. The maximum absolute atomic E-state index is 11.9. The molecule has 0 atom stereocenters. The Labute approximate surface area is 125 Å². The lowest BCUT2D eigenvalue weighted by atomic mass is 9.97. The van der Waals surface area contributed by atoms with E-state index in [0.717, 1.165) is 16.5 Å². The summed E-state index contributed by atoms with van der Waals surface area (Å²) in [6, 6.07) is 13.6. The molecule has 1 aliphatic heterocycles. The van der Waals surface area contributed by atoms with Crippen molar-refractivity contribution in [3.8, 4) is 0 Å². The molecule has 0 fully saturated rings. The molecule has 1 heterocycles. The fourth-order valence-electron chi connectivity index (χ4n) is 2.46. The molecule has 0 saturated carbocycles. The Morgan fingerprint density at radius 1 is 0.900 bits per heavy atom. The van der Waals surface area contributed by atoms with Crippen molar-refractivity contribution in [3.63, 3.8) is 0 Å². The van der Waals surface area contributed by atoms with E-state index < -0.39 is 0 Å². The van der Waals surface area contributed by atoms with Crippen molar-refractivity contribution in [1.82, 2.24) is 5.32 Å². The highest BCUT2D eigenvalue weighted by molar-refractivity contribution is 9.10. The van der Waals surface area contributed by atoms with E-state index in [-0.39, 0.29) is 11.8 Å². The Bertz CT molecular complexity index is 695. The molecule has 1 aliphatic rings. The minimum absolute atomic E-state index is 0.297. The van der Waals surface area contributed by atoms with Gasteiger partial charge in [-0.1, -0.05) is 46.3 Å². The summed E-state index contributed by atoms with van der Waals surface area (Å²) in [5.74, 6) is -0.604. The second-order valence-electron chi connectivity index (χ2n) is 4.72. The largest absolute Gasteiger partial charge is 0.288 e. The predicted molar refractivity (Wildman–Crippen MR) is 79.8 cm³/mol. The molecule has 2 aromatic carbocycles. The number of halogens is 1. The van der Waals surface area contributed by atoms with E-state index in [1.54, 1.807) is 6.07 Å². The van der Waals surface area contributed by atoms with Crippen molar-refractivity contribution in [3.05, 3.63) is 69.2 Å². The Hall–Kier alpha value is -1.94. The van der Waals surface area contributed by atoms with Gasteiger partial charge in [0.1, 0.15) is 0 Å². The average molecular weight is 330 g/mol. The standard InChI is InChI=1S/C16H12BrNO2/c17-13-9-8-12-14(16(20)18-15(12)19)11(13)7-6-10-4-2-1-3-5-10/h1-5,8-9H,6-7H2,(H,18,19,20). The zero-order valence-corrected chi connectivity index (χ0v) is 12.2. The Morgan fingerprint density at radius 3 is 2.40 bits per heavy atom. The Kier molecular flexibility index (Phi) is 3.40. The van der Waals surface area contributed by atoms with Crippen LogP contribution in [0.25, 0.3) is 0 Å². The summed E-state index contributed by atoms with van der Waals surface area (Å²) in [6.45, 7) is 0. The molecule has 0 aliphatic carbocycles. The Balaban J connectivity index is 1.94. The van der Waals surface area contributed by atoms with E-state index in [1.807, 2.05) is 24.3 Å². The molecule has 3 nitrogen and oxygen atoms in total. The van der Waals surface area contributed by atoms with Crippen LogP contribution in [-0.4, -0.2) is 11.8 Å². The second-order valence-corrected chi connectivity index (χ2v) is 5.57. The minimum Gasteiger partial charge on any atom is -0.288 e. The van der Waals surface area contributed by atoms with Crippen LogP contribution in [0.1, 0.15) is 31.8 Å². The zero-order chi connectivity index (χ0) is 14.1. The Morgan fingerprint density at radius 2 is 1.65 bits per heavy atom. The third kappa shape index (κ3) is 2.27. The van der Waals surface area contributed by atoms with Crippen LogP contribution < -0.4 is 5.32 Å². The number of benzene rings is 2. The fourth-order valence-corrected chi connectivity index (χ4v) is 2.99. The van der Waals surface area contributed by atoms with Gasteiger partial charge in [0.15, 0.2) is 0 Å². The van der Waals surface area contributed by atoms with Gasteiger partial charge in [0.2, 0.25) is 0 Å². The first kappa shape index (κ1) is 13.1. The molecule has 4 heteroatoms. The molecular formula is C16H12BrNO2. The molecule has 1 N–H and O–H groups in total. The second kappa shape index (κ2) is 5.21. The lowest BCUT2D eigenvalue weighted by molar-refractivity contribution is 0.0879. The summed E-state index contributed by atoms with van der Waals surface area (Å²) in [7, 11) is 0. The highest BCUT2D eigenvalue weighted by Gasteiger charge is 2.30. The van der Waals surface area contributed by atoms with Gasteiger partial charge in [-0.05, 0) is 36.1 Å². The SMILES string of the molecule is O=C1NC(=O)c2c1ccc(Br)c2CCc1ccccc1. The van der Waals surface area contributed by atoms with Crippen LogP contribution in [0, 0.1) is 0 Å². The predicted octanol–water partition coefficient (Wildman–Crippen LogP) is 3.12. The van der Waals surface area contributed by atoms with Crippen LogP contribution in [0.2, 0.25) is 0 Å². The van der Waals surface area contributed by atoms with Crippen LogP contribution in [0.4, 0.5) is 0 Å². The van der Waals surface area contributed by atoms with Crippen LogP contribution >= 0.6 is 15.9 Å². The number of rotatable bonds is 3. The minimum atomic E-state index is -0.307. The number of carbonyl (C=O) groups is 2. The molecule has 3 rings (SSSR count). The molecule has 0 unspecified atom stereocenters. The van der Waals surface area contributed by atoms with Gasteiger partial charge in [-0.3, -0.25) is 14.9 Å². The monoisotopic (exact) mass is 329 g/mol.